The van der Waals surface area contributed by atoms with Crippen LogP contribution >= 0.6 is 0 Å². The van der Waals surface area contributed by atoms with Crippen LogP contribution in [0.15, 0.2) is 54.9 Å². The van der Waals surface area contributed by atoms with Crippen LogP contribution in [-0.2, 0) is 49.9 Å². The minimum atomic E-state index is -0.811. The zero-order valence-electron chi connectivity index (χ0n) is 35.1. The Morgan fingerprint density at radius 1 is 1.04 bits per heavy atom. The molecule has 1 saturated heterocycles. The standard InChI is InChI=1S/C43H57N5O6.C2H6/c1-9-47-39-13-12-31(22-35(39)36(23-43(6,7)26-54-29(5)49)40(47)37-24-44-16-14-32(37)25-53-8)33-18-30(19-34(50)21-33)20-38(46-41(51)28(4)27(2)3)42(52)48-17-11-10-15-45-48;1-2/h12-14,16,18-19,21-22,24,27-28,38,45,50H,9-11,15,17,20,23,25-26H2,1-8H3,(H,46,51);1-2H3. The van der Waals surface area contributed by atoms with Gasteiger partial charge in [0.2, 0.25) is 5.91 Å². The van der Waals surface area contributed by atoms with Crippen LogP contribution in [-0.4, -0.2) is 70.3 Å². The molecule has 4 aromatic rings. The predicted octanol–water partition coefficient (Wildman–Crippen LogP) is 7.85. The summed E-state index contributed by atoms with van der Waals surface area (Å²) in [6.07, 6.45) is 6.36. The van der Waals surface area contributed by atoms with Crippen molar-refractivity contribution in [1.82, 2.24) is 25.3 Å². The number of rotatable bonds is 15. The third-order valence-electron chi connectivity index (χ3n) is 10.4. The second-order valence-corrected chi connectivity index (χ2v) is 15.7. The summed E-state index contributed by atoms with van der Waals surface area (Å²) >= 11 is 0. The molecule has 2 aromatic heterocycles. The van der Waals surface area contributed by atoms with E-state index in [-0.39, 0.29) is 48.4 Å². The molecule has 1 fully saturated rings. The number of nitrogens with one attached hydrogen (secondary N) is 2. The molecule has 0 bridgehead atoms. The molecular weight excluding hydrogens is 707 g/mol. The summed E-state index contributed by atoms with van der Waals surface area (Å²) in [7, 11) is 1.68. The summed E-state index contributed by atoms with van der Waals surface area (Å²) in [5.41, 5.74) is 10.4. The van der Waals surface area contributed by atoms with Gasteiger partial charge in [-0.15, -0.1) is 0 Å². The van der Waals surface area contributed by atoms with Gasteiger partial charge in [-0.1, -0.05) is 60.6 Å². The van der Waals surface area contributed by atoms with Gasteiger partial charge < -0.3 is 24.5 Å². The van der Waals surface area contributed by atoms with E-state index in [1.54, 1.807) is 30.4 Å². The van der Waals surface area contributed by atoms with E-state index in [0.717, 1.165) is 62.8 Å². The summed E-state index contributed by atoms with van der Waals surface area (Å²) in [6.45, 7) is 20.2. The number of pyridine rings is 1. The summed E-state index contributed by atoms with van der Waals surface area (Å²) in [6, 6.07) is 12.9. The van der Waals surface area contributed by atoms with Crippen LogP contribution in [0.3, 0.4) is 0 Å². The van der Waals surface area contributed by atoms with Crippen molar-refractivity contribution >= 4 is 28.7 Å². The second kappa shape index (κ2) is 19.9. The SMILES string of the molecule is CC.CCn1c(-c2cnccc2COC)c(CC(C)(C)COC(C)=O)c2cc(-c3cc(O)cc(CC(NC(=O)C(C)C(C)C)C(=O)N4CCCCN4)c3)ccc21. The van der Waals surface area contributed by atoms with Crippen LogP contribution in [0.5, 0.6) is 5.75 Å². The molecule has 2 atom stereocenters. The summed E-state index contributed by atoms with van der Waals surface area (Å²) in [5.74, 6) is -0.772. The molecule has 3 N–H and O–H groups in total. The normalized spacial score (nSPS) is 14.2. The number of esters is 1. The topological polar surface area (TPSA) is 135 Å². The van der Waals surface area contributed by atoms with Crippen molar-refractivity contribution in [2.24, 2.45) is 17.3 Å². The number of ether oxygens (including phenoxy) is 2. The largest absolute Gasteiger partial charge is 0.508 e. The van der Waals surface area contributed by atoms with Gasteiger partial charge in [0.25, 0.3) is 5.91 Å². The Kier molecular flexibility index (Phi) is 15.6. The molecule has 0 aliphatic carbocycles. The number of nitrogens with zero attached hydrogens (tertiary/aromatic N) is 3. The number of methoxy groups -OCH3 is 1. The Bertz CT molecular complexity index is 1960. The number of fused-ring (bicyclic) bond motifs is 1. The average Bonchev–Trinajstić information content (AvgIpc) is 3.48. The fourth-order valence-electron chi connectivity index (χ4n) is 7.23. The van der Waals surface area contributed by atoms with Crippen molar-refractivity contribution in [3.8, 4) is 28.1 Å². The summed E-state index contributed by atoms with van der Waals surface area (Å²) < 4.78 is 13.4. The van der Waals surface area contributed by atoms with E-state index < -0.39 is 11.5 Å². The van der Waals surface area contributed by atoms with Crippen LogP contribution in [0.4, 0.5) is 0 Å². The third kappa shape index (κ3) is 10.8. The Morgan fingerprint density at radius 2 is 1.79 bits per heavy atom. The van der Waals surface area contributed by atoms with E-state index in [1.807, 2.05) is 52.9 Å². The molecule has 5 rings (SSSR count). The number of aromatic nitrogens is 2. The van der Waals surface area contributed by atoms with Crippen LogP contribution in [0.1, 0.15) is 91.8 Å². The van der Waals surface area contributed by atoms with E-state index in [4.69, 9.17) is 9.47 Å². The Labute approximate surface area is 333 Å². The number of phenolic OH excluding ortho intramolecular Hbond substituents is 1. The number of aromatic hydroxyl groups is 1. The second-order valence-electron chi connectivity index (χ2n) is 15.7. The molecule has 2 amide bonds. The summed E-state index contributed by atoms with van der Waals surface area (Å²) in [4.78, 5) is 43.5. The van der Waals surface area contributed by atoms with Gasteiger partial charge >= 0.3 is 5.97 Å². The van der Waals surface area contributed by atoms with E-state index in [1.165, 1.54) is 6.92 Å². The number of benzene rings is 2. The maximum atomic E-state index is 13.8. The average molecular weight is 770 g/mol. The highest BCUT2D eigenvalue weighted by atomic mass is 16.5. The van der Waals surface area contributed by atoms with Gasteiger partial charge in [-0.25, -0.2) is 5.43 Å². The molecule has 3 heterocycles. The molecule has 0 saturated carbocycles. The third-order valence-corrected chi connectivity index (χ3v) is 10.4. The highest BCUT2D eigenvalue weighted by Gasteiger charge is 2.31. The van der Waals surface area contributed by atoms with Gasteiger partial charge in [0.1, 0.15) is 11.8 Å². The minimum absolute atomic E-state index is 0.0703. The fraction of sp³-hybridized carbons (Fsp3) is 0.511. The number of carbonyl (C=O) groups is 3. The van der Waals surface area contributed by atoms with Crippen molar-refractivity contribution < 1.29 is 29.0 Å². The van der Waals surface area contributed by atoms with Crippen LogP contribution < -0.4 is 10.7 Å². The van der Waals surface area contributed by atoms with Crippen molar-refractivity contribution in [3.05, 3.63) is 71.5 Å². The first-order chi connectivity index (χ1) is 26.7. The lowest BCUT2D eigenvalue weighted by molar-refractivity contribution is -0.144. The highest BCUT2D eigenvalue weighted by Crippen LogP contribution is 2.41. The van der Waals surface area contributed by atoms with Gasteiger partial charge in [-0.2, -0.15) is 0 Å². The van der Waals surface area contributed by atoms with Crippen molar-refractivity contribution in [2.45, 2.75) is 107 Å². The molecule has 1 aliphatic heterocycles. The molecule has 2 unspecified atom stereocenters. The monoisotopic (exact) mass is 769 g/mol. The molecule has 2 aromatic carbocycles. The molecule has 304 valence electrons. The maximum absolute atomic E-state index is 13.8. The number of aryl methyl sites for hydroxylation is 1. The quantitative estimate of drug-likeness (QED) is 0.104. The first-order valence-corrected chi connectivity index (χ1v) is 20.1. The highest BCUT2D eigenvalue weighted by molar-refractivity contribution is 5.95. The molecule has 1 aliphatic rings. The van der Waals surface area contributed by atoms with Gasteiger partial charge in [-0.05, 0) is 90.3 Å². The molecule has 0 radical (unpaired) electrons. The number of amides is 2. The van der Waals surface area contributed by atoms with E-state index >= 15 is 0 Å². The lowest BCUT2D eigenvalue weighted by atomic mass is 9.84. The summed E-state index contributed by atoms with van der Waals surface area (Å²) in [5, 5.41) is 16.8. The Balaban J connectivity index is 0.00000342. The number of phenols is 1. The lowest BCUT2D eigenvalue weighted by Crippen LogP contribution is -2.56. The van der Waals surface area contributed by atoms with Crippen LogP contribution in [0, 0.1) is 17.3 Å². The molecule has 0 spiro atoms. The van der Waals surface area contributed by atoms with Gasteiger partial charge in [0.05, 0.1) is 18.9 Å². The Morgan fingerprint density at radius 3 is 2.43 bits per heavy atom. The number of hydrazine groups is 1. The Hall–Kier alpha value is -4.74. The molecular formula is C45H63N5O6. The predicted molar refractivity (Wildman–Crippen MR) is 223 cm³/mol. The van der Waals surface area contributed by atoms with Gasteiger partial charge in [-0.3, -0.25) is 24.4 Å². The van der Waals surface area contributed by atoms with Crippen molar-refractivity contribution in [2.75, 3.05) is 26.8 Å². The number of hydrogen-bond donors (Lipinski definition) is 3. The molecule has 11 heteroatoms. The zero-order valence-corrected chi connectivity index (χ0v) is 35.1. The van der Waals surface area contributed by atoms with Crippen molar-refractivity contribution in [3.63, 3.8) is 0 Å². The zero-order chi connectivity index (χ0) is 41.2. The first-order valence-electron chi connectivity index (χ1n) is 20.1. The maximum Gasteiger partial charge on any atom is 0.302 e. The van der Waals surface area contributed by atoms with Gasteiger partial charge in [0, 0.05) is 80.3 Å². The van der Waals surface area contributed by atoms with E-state index in [0.29, 0.717) is 32.7 Å². The van der Waals surface area contributed by atoms with E-state index in [2.05, 4.69) is 59.3 Å². The molecule has 56 heavy (non-hydrogen) atoms. The number of hydrogen-bond acceptors (Lipinski definition) is 8. The number of carbonyl (C=O) groups excluding carboxylic acids is 3. The van der Waals surface area contributed by atoms with Crippen LogP contribution in [0.25, 0.3) is 33.3 Å². The smallest absolute Gasteiger partial charge is 0.302 e. The van der Waals surface area contributed by atoms with Crippen LogP contribution in [0.2, 0.25) is 0 Å². The lowest BCUT2D eigenvalue weighted by Gasteiger charge is -2.32. The van der Waals surface area contributed by atoms with Crippen molar-refractivity contribution in [1.29, 1.82) is 0 Å². The first kappa shape index (κ1) is 44.0. The minimum Gasteiger partial charge on any atom is -0.508 e. The van der Waals surface area contributed by atoms with E-state index in [9.17, 15) is 19.5 Å². The molecule has 11 nitrogen and oxygen atoms in total. The van der Waals surface area contributed by atoms with Gasteiger partial charge in [0.15, 0.2) is 0 Å². The fourth-order valence-corrected chi connectivity index (χ4v) is 7.23.